The van der Waals surface area contributed by atoms with E-state index in [0.717, 1.165) is 0 Å². The molecule has 0 fully saturated rings. The van der Waals surface area contributed by atoms with Crippen LogP contribution in [-0.2, 0) is 0 Å². The fraction of sp³-hybridized carbons (Fsp3) is 0.750. The molecule has 0 aromatic rings. The molecule has 0 spiro atoms. The van der Waals surface area contributed by atoms with E-state index < -0.39 is 0 Å². The zero-order valence-corrected chi connectivity index (χ0v) is 9.48. The van der Waals surface area contributed by atoms with Crippen LogP contribution in [0.3, 0.4) is 0 Å². The first-order valence-electron chi connectivity index (χ1n) is 3.68. The van der Waals surface area contributed by atoms with E-state index in [1.807, 2.05) is 0 Å². The van der Waals surface area contributed by atoms with Crippen molar-refractivity contribution in [3.8, 4) is 0 Å². The Morgan fingerprint density at radius 2 is 1.44 bits per heavy atom. The van der Waals surface area contributed by atoms with E-state index in [0.29, 0.717) is 0 Å². The molecule has 0 aliphatic rings. The van der Waals surface area contributed by atoms with Gasteiger partial charge in [0.05, 0.1) is 0 Å². The Kier molecular flexibility index (Phi) is 5.65. The van der Waals surface area contributed by atoms with Gasteiger partial charge < -0.3 is 0 Å². The molecule has 1 heteroatoms. The Balaban J connectivity index is 4.01. The molecule has 3 radical (unpaired) electrons. The maximum atomic E-state index is 2.25. The summed E-state index contributed by atoms with van der Waals surface area (Å²) >= 11 is 1.61. The zero-order chi connectivity index (χ0) is 7.28. The summed E-state index contributed by atoms with van der Waals surface area (Å²) in [5, 5.41) is 0. The Morgan fingerprint density at radius 1 is 1.00 bits per heavy atom. The van der Waals surface area contributed by atoms with Crippen molar-refractivity contribution in [2.45, 2.75) is 40.0 Å². The third-order valence-corrected chi connectivity index (χ3v) is 3.65. The normalized spacial score (nSPS) is 9.33. The van der Waals surface area contributed by atoms with Crippen molar-refractivity contribution in [2.24, 2.45) is 0 Å². The van der Waals surface area contributed by atoms with E-state index in [4.69, 9.17) is 0 Å². The standard InChI is InChI=1S/C8H15.Sn/c1-4-7-8(5-2)6-3;/h4-6H2,1-3H3;. The Hall–Kier alpha value is 0.539. The molecule has 0 amide bonds. The van der Waals surface area contributed by atoms with E-state index in [9.17, 15) is 0 Å². The predicted molar refractivity (Wildman–Crippen MR) is 43.7 cm³/mol. The van der Waals surface area contributed by atoms with Crippen LogP contribution in [0.2, 0.25) is 0 Å². The van der Waals surface area contributed by atoms with Gasteiger partial charge in [0.25, 0.3) is 0 Å². The van der Waals surface area contributed by atoms with Crippen LogP contribution in [0.4, 0.5) is 0 Å². The second kappa shape index (κ2) is 5.33. The number of hydrogen-bond acceptors (Lipinski definition) is 0. The van der Waals surface area contributed by atoms with Crippen molar-refractivity contribution in [3.05, 3.63) is 9.16 Å². The summed E-state index contributed by atoms with van der Waals surface area (Å²) < 4.78 is 1.67. The quantitative estimate of drug-likeness (QED) is 0.653. The van der Waals surface area contributed by atoms with Gasteiger partial charge in [0.2, 0.25) is 0 Å². The van der Waals surface area contributed by atoms with Crippen molar-refractivity contribution in [1.82, 2.24) is 0 Å². The van der Waals surface area contributed by atoms with Crippen molar-refractivity contribution in [1.29, 1.82) is 0 Å². The van der Waals surface area contributed by atoms with E-state index in [1.165, 1.54) is 19.3 Å². The van der Waals surface area contributed by atoms with E-state index in [1.54, 1.807) is 31.7 Å². The van der Waals surface area contributed by atoms with Crippen LogP contribution in [0.25, 0.3) is 0 Å². The van der Waals surface area contributed by atoms with Gasteiger partial charge in [-0.3, -0.25) is 0 Å². The third kappa shape index (κ3) is 3.29. The Labute approximate surface area is 71.8 Å². The molecule has 0 heterocycles. The van der Waals surface area contributed by atoms with Crippen LogP contribution >= 0.6 is 0 Å². The Bertz CT molecular complexity index is 97.1. The van der Waals surface area contributed by atoms with Crippen molar-refractivity contribution in [3.63, 3.8) is 0 Å². The minimum absolute atomic E-state index is 1.25. The molecule has 0 saturated heterocycles. The van der Waals surface area contributed by atoms with Crippen molar-refractivity contribution < 1.29 is 0 Å². The summed E-state index contributed by atoms with van der Waals surface area (Å²) in [5.74, 6) is 0. The van der Waals surface area contributed by atoms with Crippen LogP contribution in [0.1, 0.15) is 40.0 Å². The van der Waals surface area contributed by atoms with Crippen LogP contribution in [0.15, 0.2) is 9.16 Å². The molecule has 0 unspecified atom stereocenters. The first-order valence-corrected chi connectivity index (χ1v) is 5.11. The molecule has 0 bridgehead atoms. The molecule has 0 aromatic heterocycles. The predicted octanol–water partition coefficient (Wildman–Crippen LogP) is 2.64. The molecule has 9 heavy (non-hydrogen) atoms. The van der Waals surface area contributed by atoms with Gasteiger partial charge in [0, 0.05) is 0 Å². The molecule has 0 saturated carbocycles. The third-order valence-electron chi connectivity index (χ3n) is 1.63. The molecule has 0 aromatic carbocycles. The summed E-state index contributed by atoms with van der Waals surface area (Å²) in [6.45, 7) is 6.74. The van der Waals surface area contributed by atoms with Gasteiger partial charge in [0.1, 0.15) is 0 Å². The number of allylic oxidation sites excluding steroid dienone is 2. The monoisotopic (exact) mass is 231 g/mol. The summed E-state index contributed by atoms with van der Waals surface area (Å²) in [6, 6.07) is 0. The molecule has 0 nitrogen and oxygen atoms in total. The SMILES string of the molecule is CC[C]([Sn])=C(CC)CC. The number of rotatable bonds is 3. The van der Waals surface area contributed by atoms with Gasteiger partial charge in [-0.15, -0.1) is 0 Å². The first-order chi connectivity index (χ1) is 4.26. The zero-order valence-electron chi connectivity index (χ0n) is 6.62. The summed E-state index contributed by atoms with van der Waals surface area (Å²) in [7, 11) is 0. The summed E-state index contributed by atoms with van der Waals surface area (Å²) in [4.78, 5) is 0. The fourth-order valence-corrected chi connectivity index (χ4v) is 1.94. The fourth-order valence-electron chi connectivity index (χ4n) is 0.927. The molecule has 0 N–H and O–H groups in total. The average Bonchev–Trinajstić information content (AvgIpc) is 1.90. The maximum absolute atomic E-state index is 2.25. The van der Waals surface area contributed by atoms with Crippen LogP contribution in [0.5, 0.6) is 0 Å². The molecule has 0 aliphatic heterocycles. The van der Waals surface area contributed by atoms with Gasteiger partial charge in [-0.1, -0.05) is 0 Å². The van der Waals surface area contributed by atoms with Gasteiger partial charge in [0.15, 0.2) is 0 Å². The van der Waals surface area contributed by atoms with Crippen molar-refractivity contribution in [2.75, 3.05) is 0 Å². The molecule has 0 aliphatic carbocycles. The van der Waals surface area contributed by atoms with Crippen molar-refractivity contribution >= 4 is 22.5 Å². The molecular formula is C8H15Sn. The summed E-state index contributed by atoms with van der Waals surface area (Å²) in [5.41, 5.74) is 1.68. The molecule has 0 atom stereocenters. The van der Waals surface area contributed by atoms with Gasteiger partial charge in [-0.2, -0.15) is 0 Å². The van der Waals surface area contributed by atoms with Gasteiger partial charge in [-0.05, 0) is 0 Å². The minimum atomic E-state index is 1.25. The van der Waals surface area contributed by atoms with Crippen LogP contribution in [0, 0.1) is 0 Å². The topological polar surface area (TPSA) is 0 Å². The summed E-state index contributed by atoms with van der Waals surface area (Å²) in [6.07, 6.45) is 3.77. The van der Waals surface area contributed by atoms with Gasteiger partial charge >= 0.3 is 71.7 Å². The van der Waals surface area contributed by atoms with E-state index >= 15 is 0 Å². The molecule has 51 valence electrons. The second-order valence-corrected chi connectivity index (χ2v) is 3.87. The second-order valence-electron chi connectivity index (χ2n) is 2.14. The average molecular weight is 230 g/mol. The number of hydrogen-bond donors (Lipinski definition) is 0. The molecular weight excluding hydrogens is 215 g/mol. The van der Waals surface area contributed by atoms with E-state index in [-0.39, 0.29) is 0 Å². The van der Waals surface area contributed by atoms with Crippen LogP contribution in [-0.4, -0.2) is 22.5 Å². The van der Waals surface area contributed by atoms with Crippen LogP contribution < -0.4 is 0 Å². The van der Waals surface area contributed by atoms with Gasteiger partial charge in [-0.25, -0.2) is 0 Å². The molecule has 0 rings (SSSR count). The Morgan fingerprint density at radius 3 is 1.56 bits per heavy atom. The first kappa shape index (κ1) is 9.54. The van der Waals surface area contributed by atoms with E-state index in [2.05, 4.69) is 20.8 Å².